The smallest absolute Gasteiger partial charge is 0.291 e. The number of hydrogen-bond donors (Lipinski definition) is 0. The van der Waals surface area contributed by atoms with Crippen molar-refractivity contribution in [2.24, 2.45) is 0 Å². The van der Waals surface area contributed by atoms with E-state index in [1.165, 1.54) is 6.20 Å². The lowest BCUT2D eigenvalue weighted by molar-refractivity contribution is -0.385. The summed E-state index contributed by atoms with van der Waals surface area (Å²) in [6.07, 6.45) is 3.40. The van der Waals surface area contributed by atoms with Gasteiger partial charge < -0.3 is 4.74 Å². The molecule has 0 aliphatic rings. The maximum atomic E-state index is 11.9. The summed E-state index contributed by atoms with van der Waals surface area (Å²) in [7, 11) is 0. The second-order valence-electron chi connectivity index (χ2n) is 9.52. The van der Waals surface area contributed by atoms with Crippen molar-refractivity contribution in [2.75, 3.05) is 0 Å². The highest BCUT2D eigenvalue weighted by molar-refractivity contribution is 5.89. The molecule has 38 heavy (non-hydrogen) atoms. The maximum Gasteiger partial charge on any atom is 0.291 e. The van der Waals surface area contributed by atoms with Gasteiger partial charge in [-0.15, -0.1) is 0 Å². The van der Waals surface area contributed by atoms with Crippen molar-refractivity contribution in [3.8, 4) is 28.8 Å². The van der Waals surface area contributed by atoms with Crippen LogP contribution in [-0.2, 0) is 11.8 Å². The molecule has 0 aliphatic heterocycles. The van der Waals surface area contributed by atoms with Crippen LogP contribution in [0.4, 0.5) is 5.69 Å². The van der Waals surface area contributed by atoms with Crippen LogP contribution in [0.25, 0.3) is 22.0 Å². The third-order valence-corrected chi connectivity index (χ3v) is 6.52. The first kappa shape index (κ1) is 24.6. The average Bonchev–Trinajstić information content (AvgIpc) is 2.94. The summed E-state index contributed by atoms with van der Waals surface area (Å²) in [6.45, 7) is 3.72. The van der Waals surface area contributed by atoms with Crippen molar-refractivity contribution in [3.05, 3.63) is 124 Å². The summed E-state index contributed by atoms with van der Waals surface area (Å²) in [5.41, 5.74) is 4.15. The van der Waals surface area contributed by atoms with E-state index in [2.05, 4.69) is 16.0 Å². The highest BCUT2D eigenvalue weighted by atomic mass is 16.6. The summed E-state index contributed by atoms with van der Waals surface area (Å²) in [5, 5.41) is 22.1. The van der Waals surface area contributed by atoms with Crippen LogP contribution in [0.3, 0.4) is 0 Å². The minimum Gasteiger partial charge on any atom is -0.439 e. The van der Waals surface area contributed by atoms with E-state index in [0.29, 0.717) is 34.5 Å². The van der Waals surface area contributed by atoms with Crippen molar-refractivity contribution in [3.63, 3.8) is 0 Å². The average molecular weight is 501 g/mol. The van der Waals surface area contributed by atoms with Gasteiger partial charge in [-0.3, -0.25) is 10.1 Å². The molecule has 0 N–H and O–H groups in total. The zero-order valence-electron chi connectivity index (χ0n) is 21.0. The van der Waals surface area contributed by atoms with Crippen molar-refractivity contribution in [1.29, 1.82) is 5.26 Å². The van der Waals surface area contributed by atoms with E-state index in [0.717, 1.165) is 22.3 Å². The highest BCUT2D eigenvalue weighted by Gasteiger charge is 2.21. The molecule has 5 aromatic rings. The molecule has 0 fully saturated rings. The third-order valence-electron chi connectivity index (χ3n) is 6.52. The summed E-state index contributed by atoms with van der Waals surface area (Å²) < 4.78 is 5.79. The van der Waals surface area contributed by atoms with E-state index >= 15 is 0 Å². The first-order valence-corrected chi connectivity index (χ1v) is 12.1. The number of nitro groups is 1. The first-order valence-electron chi connectivity index (χ1n) is 12.1. The molecular weight excluding hydrogens is 476 g/mol. The Bertz CT molecular complexity index is 1660. The first-order chi connectivity index (χ1) is 18.3. The number of nitrogens with zero attached hydrogens (tertiary/aromatic N) is 4. The maximum absolute atomic E-state index is 11.9. The normalized spacial score (nSPS) is 11.2. The van der Waals surface area contributed by atoms with Crippen LogP contribution in [0.1, 0.15) is 30.5 Å². The molecule has 186 valence electrons. The van der Waals surface area contributed by atoms with Gasteiger partial charge in [-0.25, -0.2) is 9.97 Å². The second kappa shape index (κ2) is 10.1. The van der Waals surface area contributed by atoms with Gasteiger partial charge >= 0.3 is 0 Å². The second-order valence-corrected chi connectivity index (χ2v) is 9.52. The molecule has 5 rings (SSSR count). The van der Waals surface area contributed by atoms with Gasteiger partial charge in [-0.1, -0.05) is 48.5 Å². The fourth-order valence-corrected chi connectivity index (χ4v) is 4.29. The Morgan fingerprint density at radius 1 is 0.921 bits per heavy atom. The number of rotatable bonds is 7. The standard InChI is InChI=1S/C31H24N4O3/c1-31(2,20-32)24-12-8-21(9-13-24)16-27-26-17-22(10-14-28(26)33-19-29(27)35(36)37)23-11-15-30(34-18-23)38-25-6-4-3-5-7-25/h3-15,17-19H,16H2,1-2H3. The predicted octanol–water partition coefficient (Wildman–Crippen LogP) is 7.39. The minimum absolute atomic E-state index is 0.0270. The topological polar surface area (TPSA) is 102 Å². The fourth-order valence-electron chi connectivity index (χ4n) is 4.29. The number of nitriles is 1. The van der Waals surface area contributed by atoms with Gasteiger partial charge in [0.1, 0.15) is 11.9 Å². The zero-order valence-corrected chi connectivity index (χ0v) is 21.0. The molecule has 2 heterocycles. The van der Waals surface area contributed by atoms with Crippen molar-refractivity contribution < 1.29 is 9.66 Å². The number of ether oxygens (including phenoxy) is 1. The molecule has 0 atom stereocenters. The summed E-state index contributed by atoms with van der Waals surface area (Å²) in [4.78, 5) is 20.3. The monoisotopic (exact) mass is 500 g/mol. The van der Waals surface area contributed by atoms with Crippen LogP contribution in [0.5, 0.6) is 11.6 Å². The zero-order chi connectivity index (χ0) is 26.7. The SMILES string of the molecule is CC(C)(C#N)c1ccc(Cc2c([N+](=O)[O-])cnc3ccc(-c4ccc(Oc5ccccc5)nc4)cc23)cc1. The van der Waals surface area contributed by atoms with Crippen molar-refractivity contribution in [1.82, 2.24) is 9.97 Å². The van der Waals surface area contributed by atoms with E-state index in [1.54, 1.807) is 12.3 Å². The molecule has 7 nitrogen and oxygen atoms in total. The minimum atomic E-state index is -0.613. The van der Waals surface area contributed by atoms with Gasteiger partial charge in [0.15, 0.2) is 0 Å². The molecular formula is C31H24N4O3. The van der Waals surface area contributed by atoms with Crippen molar-refractivity contribution >= 4 is 16.6 Å². The van der Waals surface area contributed by atoms with Gasteiger partial charge in [0.2, 0.25) is 5.88 Å². The van der Waals surface area contributed by atoms with E-state index in [1.807, 2.05) is 92.7 Å². The van der Waals surface area contributed by atoms with E-state index < -0.39 is 10.3 Å². The summed E-state index contributed by atoms with van der Waals surface area (Å²) in [6, 6.07) is 28.8. The Kier molecular flexibility index (Phi) is 6.55. The molecule has 0 amide bonds. The van der Waals surface area contributed by atoms with Gasteiger partial charge in [-0.05, 0) is 60.9 Å². The highest BCUT2D eigenvalue weighted by Crippen LogP contribution is 2.33. The Hall–Kier alpha value is -5.09. The third kappa shape index (κ3) is 5.06. The molecule has 0 aliphatic carbocycles. The van der Waals surface area contributed by atoms with Crippen LogP contribution < -0.4 is 4.74 Å². The fraction of sp³-hybridized carbons (Fsp3) is 0.129. The lowest BCUT2D eigenvalue weighted by atomic mass is 9.85. The number of pyridine rings is 2. The van der Waals surface area contributed by atoms with E-state index in [9.17, 15) is 15.4 Å². The largest absolute Gasteiger partial charge is 0.439 e. The number of benzene rings is 3. The molecule has 0 saturated heterocycles. The number of fused-ring (bicyclic) bond motifs is 1. The van der Waals surface area contributed by atoms with Crippen molar-refractivity contribution in [2.45, 2.75) is 25.7 Å². The Morgan fingerprint density at radius 3 is 2.32 bits per heavy atom. The van der Waals surface area contributed by atoms with Gasteiger partial charge in [0, 0.05) is 35.2 Å². The van der Waals surface area contributed by atoms with Gasteiger partial charge in [0.25, 0.3) is 5.69 Å². The van der Waals surface area contributed by atoms with Crippen LogP contribution in [0.15, 0.2) is 97.3 Å². The Labute approximate surface area is 220 Å². The van der Waals surface area contributed by atoms with E-state index in [4.69, 9.17) is 4.74 Å². The predicted molar refractivity (Wildman–Crippen MR) is 146 cm³/mol. The molecule has 2 aromatic heterocycles. The molecule has 0 unspecified atom stereocenters. The van der Waals surface area contributed by atoms with Crippen LogP contribution in [0.2, 0.25) is 0 Å². The van der Waals surface area contributed by atoms with Crippen LogP contribution >= 0.6 is 0 Å². The Morgan fingerprint density at radius 2 is 1.66 bits per heavy atom. The number of para-hydroxylation sites is 1. The van der Waals surface area contributed by atoms with Crippen LogP contribution in [0, 0.1) is 21.4 Å². The Balaban J connectivity index is 1.50. The number of hydrogen-bond acceptors (Lipinski definition) is 6. The molecule has 7 heteroatoms. The molecule has 0 bridgehead atoms. The lowest BCUT2D eigenvalue weighted by Crippen LogP contribution is -2.13. The van der Waals surface area contributed by atoms with Crippen LogP contribution in [-0.4, -0.2) is 14.9 Å². The molecule has 3 aromatic carbocycles. The summed E-state index contributed by atoms with van der Waals surface area (Å²) >= 11 is 0. The molecule has 0 saturated carbocycles. The van der Waals surface area contributed by atoms with Gasteiger partial charge in [-0.2, -0.15) is 5.26 Å². The quantitative estimate of drug-likeness (QED) is 0.171. The number of aromatic nitrogens is 2. The summed E-state index contributed by atoms with van der Waals surface area (Å²) in [5.74, 6) is 1.17. The van der Waals surface area contributed by atoms with Gasteiger partial charge in [0.05, 0.1) is 21.9 Å². The van der Waals surface area contributed by atoms with E-state index in [-0.39, 0.29) is 5.69 Å². The molecule has 0 spiro atoms. The molecule has 0 radical (unpaired) electrons. The lowest BCUT2D eigenvalue weighted by Gasteiger charge is -2.16.